The molecular weight excluding hydrogens is 264 g/mol. The molecule has 0 aromatic heterocycles. The van der Waals surface area contributed by atoms with Crippen LogP contribution < -0.4 is 4.74 Å². The average Bonchev–Trinajstić information content (AvgIpc) is 2.90. The lowest BCUT2D eigenvalue weighted by Gasteiger charge is -2.13. The Kier molecular flexibility index (Phi) is 3.91. The van der Waals surface area contributed by atoms with E-state index in [1.807, 2.05) is 12.1 Å². The van der Waals surface area contributed by atoms with Crippen molar-refractivity contribution in [2.45, 2.75) is 25.9 Å². The van der Waals surface area contributed by atoms with E-state index in [-0.39, 0.29) is 12.1 Å². The zero-order chi connectivity index (χ0) is 14.7. The topological polar surface area (TPSA) is 35.5 Å². The third-order valence-electron chi connectivity index (χ3n) is 3.68. The second kappa shape index (κ2) is 6.00. The first-order valence-corrected chi connectivity index (χ1v) is 7.27. The van der Waals surface area contributed by atoms with Gasteiger partial charge in [-0.1, -0.05) is 24.3 Å². The number of hydrogen-bond acceptors (Lipinski definition) is 3. The van der Waals surface area contributed by atoms with Crippen molar-refractivity contribution in [2.75, 3.05) is 6.61 Å². The van der Waals surface area contributed by atoms with Gasteiger partial charge in [-0.05, 0) is 42.3 Å². The smallest absolute Gasteiger partial charge is 0.338 e. The molecule has 1 aliphatic rings. The Morgan fingerprint density at radius 1 is 1.05 bits per heavy atom. The van der Waals surface area contributed by atoms with E-state index in [1.165, 1.54) is 11.1 Å². The second-order valence-electron chi connectivity index (χ2n) is 5.16. The van der Waals surface area contributed by atoms with Crippen LogP contribution in [0, 0.1) is 0 Å². The van der Waals surface area contributed by atoms with Gasteiger partial charge in [-0.3, -0.25) is 0 Å². The van der Waals surface area contributed by atoms with Gasteiger partial charge >= 0.3 is 5.97 Å². The Morgan fingerprint density at radius 2 is 1.67 bits per heavy atom. The molecule has 0 saturated carbocycles. The molecule has 0 amide bonds. The summed E-state index contributed by atoms with van der Waals surface area (Å²) in [6, 6.07) is 15.6. The molecule has 0 bridgehead atoms. The zero-order valence-corrected chi connectivity index (χ0v) is 12.0. The minimum Gasteiger partial charge on any atom is -0.490 e. The van der Waals surface area contributed by atoms with Gasteiger partial charge in [0.2, 0.25) is 0 Å². The largest absolute Gasteiger partial charge is 0.490 e. The fourth-order valence-corrected chi connectivity index (χ4v) is 2.68. The van der Waals surface area contributed by atoms with E-state index < -0.39 is 0 Å². The summed E-state index contributed by atoms with van der Waals surface area (Å²) >= 11 is 0. The highest BCUT2D eigenvalue weighted by atomic mass is 16.5. The number of esters is 1. The number of carbonyl (C=O) groups excluding carboxylic acids is 1. The van der Waals surface area contributed by atoms with Crippen molar-refractivity contribution in [3.8, 4) is 5.75 Å². The van der Waals surface area contributed by atoms with Gasteiger partial charge < -0.3 is 9.47 Å². The van der Waals surface area contributed by atoms with Crippen LogP contribution in [0.15, 0.2) is 48.5 Å². The van der Waals surface area contributed by atoms with E-state index in [2.05, 4.69) is 24.3 Å². The highest BCUT2D eigenvalue weighted by molar-refractivity contribution is 5.89. The molecule has 0 fully saturated rings. The van der Waals surface area contributed by atoms with Crippen LogP contribution in [0.2, 0.25) is 0 Å². The van der Waals surface area contributed by atoms with Crippen molar-refractivity contribution >= 4 is 5.97 Å². The van der Waals surface area contributed by atoms with Gasteiger partial charge in [0.05, 0.1) is 12.2 Å². The van der Waals surface area contributed by atoms with Gasteiger partial charge in [0.25, 0.3) is 0 Å². The summed E-state index contributed by atoms with van der Waals surface area (Å²) in [6.07, 6.45) is 2.06. The molecule has 2 aromatic carbocycles. The van der Waals surface area contributed by atoms with Crippen LogP contribution >= 0.6 is 0 Å². The monoisotopic (exact) mass is 282 g/mol. The summed E-state index contributed by atoms with van der Waals surface area (Å²) < 4.78 is 11.0. The SMILES string of the molecule is CCOC(=O)c1ccc(OC2Cc3ccccc3C2)cc1. The van der Waals surface area contributed by atoms with Crippen molar-refractivity contribution in [3.05, 3.63) is 65.2 Å². The fourth-order valence-electron chi connectivity index (χ4n) is 2.68. The lowest BCUT2D eigenvalue weighted by Crippen LogP contribution is -2.16. The van der Waals surface area contributed by atoms with Crippen LogP contribution in [0.5, 0.6) is 5.75 Å². The standard InChI is InChI=1S/C18H18O3/c1-2-20-18(19)13-7-9-16(10-8-13)21-17-11-14-5-3-4-6-15(14)12-17/h3-10,17H,2,11-12H2,1H3. The molecule has 2 aromatic rings. The van der Waals surface area contributed by atoms with Crippen LogP contribution in [0.4, 0.5) is 0 Å². The van der Waals surface area contributed by atoms with E-state index in [9.17, 15) is 4.79 Å². The minimum absolute atomic E-state index is 0.177. The van der Waals surface area contributed by atoms with Crippen LogP contribution in [0.25, 0.3) is 0 Å². The van der Waals surface area contributed by atoms with Crippen LogP contribution in [0.3, 0.4) is 0 Å². The van der Waals surface area contributed by atoms with Gasteiger partial charge in [0.1, 0.15) is 11.9 Å². The van der Waals surface area contributed by atoms with Crippen LogP contribution in [-0.2, 0) is 17.6 Å². The molecule has 0 aliphatic heterocycles. The molecule has 3 heteroatoms. The van der Waals surface area contributed by atoms with Gasteiger partial charge in [-0.15, -0.1) is 0 Å². The third-order valence-corrected chi connectivity index (χ3v) is 3.68. The molecular formula is C18H18O3. The highest BCUT2D eigenvalue weighted by Gasteiger charge is 2.22. The third kappa shape index (κ3) is 3.07. The summed E-state index contributed by atoms with van der Waals surface area (Å²) in [6.45, 7) is 2.19. The number of hydrogen-bond donors (Lipinski definition) is 0. The number of fused-ring (bicyclic) bond motifs is 1. The molecule has 3 rings (SSSR count). The molecule has 0 N–H and O–H groups in total. The summed E-state index contributed by atoms with van der Waals surface area (Å²) in [5.74, 6) is 0.498. The van der Waals surface area contributed by atoms with Crippen molar-refractivity contribution < 1.29 is 14.3 Å². The van der Waals surface area contributed by atoms with Crippen LogP contribution in [-0.4, -0.2) is 18.7 Å². The lowest BCUT2D eigenvalue weighted by atomic mass is 10.1. The van der Waals surface area contributed by atoms with Crippen molar-refractivity contribution in [1.29, 1.82) is 0 Å². The molecule has 108 valence electrons. The molecule has 0 heterocycles. The van der Waals surface area contributed by atoms with Gasteiger partial charge in [-0.25, -0.2) is 4.79 Å². The molecule has 1 aliphatic carbocycles. The Bertz CT molecular complexity index is 606. The number of ether oxygens (including phenoxy) is 2. The minimum atomic E-state index is -0.294. The Hall–Kier alpha value is -2.29. The maximum absolute atomic E-state index is 11.6. The molecule has 0 unspecified atom stereocenters. The van der Waals surface area contributed by atoms with E-state index >= 15 is 0 Å². The zero-order valence-electron chi connectivity index (χ0n) is 12.0. The Morgan fingerprint density at radius 3 is 2.24 bits per heavy atom. The Balaban J connectivity index is 1.63. The summed E-state index contributed by atoms with van der Waals surface area (Å²) in [5.41, 5.74) is 3.29. The summed E-state index contributed by atoms with van der Waals surface area (Å²) in [5, 5.41) is 0. The lowest BCUT2D eigenvalue weighted by molar-refractivity contribution is 0.0526. The summed E-state index contributed by atoms with van der Waals surface area (Å²) in [7, 11) is 0. The van der Waals surface area contributed by atoms with Crippen molar-refractivity contribution in [2.24, 2.45) is 0 Å². The van der Waals surface area contributed by atoms with Crippen molar-refractivity contribution in [3.63, 3.8) is 0 Å². The maximum Gasteiger partial charge on any atom is 0.338 e. The van der Waals surface area contributed by atoms with Gasteiger partial charge in [0.15, 0.2) is 0 Å². The molecule has 3 nitrogen and oxygen atoms in total. The normalized spacial score (nSPS) is 13.8. The molecule has 0 radical (unpaired) electrons. The second-order valence-corrected chi connectivity index (χ2v) is 5.16. The Labute approximate surface area is 124 Å². The quantitative estimate of drug-likeness (QED) is 0.806. The van der Waals surface area contributed by atoms with E-state index in [1.54, 1.807) is 19.1 Å². The average molecular weight is 282 g/mol. The maximum atomic E-state index is 11.6. The van der Waals surface area contributed by atoms with E-state index in [4.69, 9.17) is 9.47 Å². The van der Waals surface area contributed by atoms with Gasteiger partial charge in [0, 0.05) is 12.8 Å². The fraction of sp³-hybridized carbons (Fsp3) is 0.278. The predicted molar refractivity (Wildman–Crippen MR) is 80.7 cm³/mol. The first-order chi connectivity index (χ1) is 10.3. The summed E-state index contributed by atoms with van der Waals surface area (Å²) in [4.78, 5) is 11.6. The first kappa shape index (κ1) is 13.7. The number of carbonyl (C=O) groups is 1. The van der Waals surface area contributed by atoms with Crippen molar-refractivity contribution in [1.82, 2.24) is 0 Å². The molecule has 0 saturated heterocycles. The number of benzene rings is 2. The number of rotatable bonds is 4. The van der Waals surface area contributed by atoms with Gasteiger partial charge in [-0.2, -0.15) is 0 Å². The molecule has 0 spiro atoms. The van der Waals surface area contributed by atoms with Crippen LogP contribution in [0.1, 0.15) is 28.4 Å². The molecule has 0 atom stereocenters. The van der Waals surface area contributed by atoms with E-state index in [0.29, 0.717) is 12.2 Å². The molecule has 21 heavy (non-hydrogen) atoms. The van der Waals surface area contributed by atoms with E-state index in [0.717, 1.165) is 18.6 Å². The predicted octanol–water partition coefficient (Wildman–Crippen LogP) is 3.41. The highest BCUT2D eigenvalue weighted by Crippen LogP contribution is 2.25. The first-order valence-electron chi connectivity index (χ1n) is 7.27.